The molecule has 0 aliphatic carbocycles. The molecule has 2 atom stereocenters. The van der Waals surface area contributed by atoms with Crippen LogP contribution in [0.2, 0.25) is 0 Å². The van der Waals surface area contributed by atoms with Crippen molar-refractivity contribution in [1.29, 1.82) is 0 Å². The van der Waals surface area contributed by atoms with Crippen LogP contribution in [0.5, 0.6) is 0 Å². The van der Waals surface area contributed by atoms with Crippen molar-refractivity contribution >= 4 is 0 Å². The molecule has 0 unspecified atom stereocenters. The highest BCUT2D eigenvalue weighted by atomic mass is 16.5. The van der Waals surface area contributed by atoms with Gasteiger partial charge in [0.1, 0.15) is 0 Å². The van der Waals surface area contributed by atoms with Crippen LogP contribution in [-0.4, -0.2) is 22.7 Å². The summed E-state index contributed by atoms with van der Waals surface area (Å²) in [6.07, 6.45) is 5.93. The van der Waals surface area contributed by atoms with Gasteiger partial charge < -0.3 is 14.5 Å². The highest BCUT2D eigenvalue weighted by Crippen LogP contribution is 2.31. The molecule has 1 aromatic heterocycles. The number of hydrogen-bond donors (Lipinski definition) is 1. The van der Waals surface area contributed by atoms with Crippen LogP contribution in [0.1, 0.15) is 30.2 Å². The molecular formula is C15H18N2O2. The Morgan fingerprint density at radius 1 is 1.26 bits per heavy atom. The quantitative estimate of drug-likeness (QED) is 0.897. The fourth-order valence-corrected chi connectivity index (χ4v) is 2.38. The Labute approximate surface area is 112 Å². The van der Waals surface area contributed by atoms with Crippen molar-refractivity contribution in [2.75, 3.05) is 6.61 Å². The highest BCUT2D eigenvalue weighted by Gasteiger charge is 2.27. The summed E-state index contributed by atoms with van der Waals surface area (Å²) >= 11 is 0. The number of H-pyrrole nitrogens is 1. The van der Waals surface area contributed by atoms with Crippen LogP contribution < -0.4 is 0 Å². The standard InChI is InChI=1S/C15H18N2O2/c1-2-4-12(5-3-1)9-18-10-13-6-7-15(19-13)14-8-16-11-17-14/h1-5,8,11,13,15H,6-7,9-10H2,(H,16,17)/t13-,15-/m0/s1. The summed E-state index contributed by atoms with van der Waals surface area (Å²) in [5.41, 5.74) is 2.26. The van der Waals surface area contributed by atoms with E-state index in [1.54, 1.807) is 6.33 Å². The molecule has 4 heteroatoms. The first-order valence-electron chi connectivity index (χ1n) is 6.67. The van der Waals surface area contributed by atoms with E-state index < -0.39 is 0 Å². The van der Waals surface area contributed by atoms with Gasteiger partial charge in [0.15, 0.2) is 0 Å². The molecule has 100 valence electrons. The maximum atomic E-state index is 5.95. The number of aromatic amines is 1. The number of ether oxygens (including phenoxy) is 2. The summed E-state index contributed by atoms with van der Waals surface area (Å²) in [5.74, 6) is 0. The van der Waals surface area contributed by atoms with Crippen LogP contribution in [0.25, 0.3) is 0 Å². The zero-order valence-electron chi connectivity index (χ0n) is 10.8. The lowest BCUT2D eigenvalue weighted by Gasteiger charge is -2.13. The molecule has 0 bridgehead atoms. The minimum absolute atomic E-state index is 0.146. The number of hydrogen-bond acceptors (Lipinski definition) is 3. The fraction of sp³-hybridized carbons (Fsp3) is 0.400. The van der Waals surface area contributed by atoms with Crippen LogP contribution in [-0.2, 0) is 16.1 Å². The summed E-state index contributed by atoms with van der Waals surface area (Å²) in [5, 5.41) is 0. The number of benzene rings is 1. The Kier molecular flexibility index (Phi) is 3.91. The maximum absolute atomic E-state index is 5.95. The summed E-state index contributed by atoms with van der Waals surface area (Å²) in [7, 11) is 0. The van der Waals surface area contributed by atoms with Gasteiger partial charge in [0.25, 0.3) is 0 Å². The van der Waals surface area contributed by atoms with E-state index in [2.05, 4.69) is 22.1 Å². The lowest BCUT2D eigenvalue weighted by atomic mass is 10.1. The first-order chi connectivity index (χ1) is 9.42. The number of nitrogens with one attached hydrogen (secondary N) is 1. The average Bonchev–Trinajstić information content (AvgIpc) is 3.10. The predicted molar refractivity (Wildman–Crippen MR) is 71.5 cm³/mol. The number of rotatable bonds is 5. The Morgan fingerprint density at radius 2 is 2.16 bits per heavy atom. The van der Waals surface area contributed by atoms with Crippen molar-refractivity contribution in [2.24, 2.45) is 0 Å². The monoisotopic (exact) mass is 258 g/mol. The number of aromatic nitrogens is 2. The van der Waals surface area contributed by atoms with Crippen molar-refractivity contribution < 1.29 is 9.47 Å². The summed E-state index contributed by atoms with van der Waals surface area (Å²) in [6.45, 7) is 1.30. The molecule has 0 saturated carbocycles. The van der Waals surface area contributed by atoms with E-state index in [0.717, 1.165) is 18.5 Å². The topological polar surface area (TPSA) is 47.1 Å². The molecule has 19 heavy (non-hydrogen) atoms. The zero-order chi connectivity index (χ0) is 12.9. The molecule has 2 heterocycles. The third kappa shape index (κ3) is 3.22. The Morgan fingerprint density at radius 3 is 2.95 bits per heavy atom. The Bertz CT molecular complexity index is 484. The molecule has 0 radical (unpaired) electrons. The molecule has 1 saturated heterocycles. The lowest BCUT2D eigenvalue weighted by Crippen LogP contribution is -2.14. The van der Waals surface area contributed by atoms with Gasteiger partial charge in [-0.3, -0.25) is 0 Å². The van der Waals surface area contributed by atoms with Gasteiger partial charge >= 0.3 is 0 Å². The lowest BCUT2D eigenvalue weighted by molar-refractivity contribution is -0.0215. The zero-order valence-corrected chi connectivity index (χ0v) is 10.8. The first kappa shape index (κ1) is 12.4. The summed E-state index contributed by atoms with van der Waals surface area (Å²) in [6, 6.07) is 10.2. The van der Waals surface area contributed by atoms with E-state index in [1.165, 1.54) is 5.56 Å². The Hall–Kier alpha value is -1.65. The van der Waals surface area contributed by atoms with Crippen LogP contribution in [0.3, 0.4) is 0 Å². The van der Waals surface area contributed by atoms with Gasteiger partial charge in [-0.15, -0.1) is 0 Å². The van der Waals surface area contributed by atoms with Crippen molar-refractivity contribution in [3.63, 3.8) is 0 Å². The SMILES string of the molecule is c1ccc(COC[C@@H]2CC[C@@H](c3cnc[nH]3)O2)cc1. The van der Waals surface area contributed by atoms with Gasteiger partial charge in [0, 0.05) is 0 Å². The summed E-state index contributed by atoms with van der Waals surface area (Å²) in [4.78, 5) is 7.13. The van der Waals surface area contributed by atoms with Crippen molar-refractivity contribution in [2.45, 2.75) is 31.7 Å². The normalized spacial score (nSPS) is 22.7. The van der Waals surface area contributed by atoms with E-state index >= 15 is 0 Å². The highest BCUT2D eigenvalue weighted by molar-refractivity contribution is 5.13. The molecular weight excluding hydrogens is 240 g/mol. The van der Waals surface area contributed by atoms with Gasteiger partial charge in [-0.1, -0.05) is 30.3 Å². The van der Waals surface area contributed by atoms with Crippen molar-refractivity contribution in [3.05, 3.63) is 54.1 Å². The van der Waals surface area contributed by atoms with E-state index in [-0.39, 0.29) is 12.2 Å². The molecule has 4 nitrogen and oxygen atoms in total. The van der Waals surface area contributed by atoms with Gasteiger partial charge in [0.05, 0.1) is 43.6 Å². The smallest absolute Gasteiger partial charge is 0.0994 e. The first-order valence-corrected chi connectivity index (χ1v) is 6.67. The second kappa shape index (κ2) is 5.99. The average molecular weight is 258 g/mol. The molecule has 1 fully saturated rings. The molecule has 3 rings (SSSR count). The maximum Gasteiger partial charge on any atom is 0.0994 e. The fourth-order valence-electron chi connectivity index (χ4n) is 2.38. The third-order valence-corrected chi connectivity index (χ3v) is 3.39. The number of imidazole rings is 1. The third-order valence-electron chi connectivity index (χ3n) is 3.39. The van der Waals surface area contributed by atoms with Crippen molar-refractivity contribution in [3.8, 4) is 0 Å². The van der Waals surface area contributed by atoms with E-state index in [9.17, 15) is 0 Å². The van der Waals surface area contributed by atoms with Crippen LogP contribution >= 0.6 is 0 Å². The minimum Gasteiger partial charge on any atom is -0.374 e. The van der Waals surface area contributed by atoms with Gasteiger partial charge in [-0.2, -0.15) is 0 Å². The minimum atomic E-state index is 0.146. The molecule has 0 amide bonds. The van der Waals surface area contributed by atoms with Crippen molar-refractivity contribution in [1.82, 2.24) is 9.97 Å². The molecule has 1 aromatic carbocycles. The van der Waals surface area contributed by atoms with E-state index in [1.807, 2.05) is 24.4 Å². The summed E-state index contributed by atoms with van der Waals surface area (Å²) < 4.78 is 11.7. The predicted octanol–water partition coefficient (Wildman–Crippen LogP) is 2.85. The van der Waals surface area contributed by atoms with Crippen LogP contribution in [0, 0.1) is 0 Å². The second-order valence-corrected chi connectivity index (χ2v) is 4.83. The second-order valence-electron chi connectivity index (χ2n) is 4.83. The molecule has 2 aromatic rings. The Balaban J connectivity index is 1.43. The van der Waals surface area contributed by atoms with E-state index in [4.69, 9.17) is 9.47 Å². The van der Waals surface area contributed by atoms with Gasteiger partial charge in [-0.05, 0) is 18.4 Å². The molecule has 1 aliphatic heterocycles. The van der Waals surface area contributed by atoms with Gasteiger partial charge in [0.2, 0.25) is 0 Å². The van der Waals surface area contributed by atoms with Crippen LogP contribution in [0.4, 0.5) is 0 Å². The molecule has 0 spiro atoms. The number of nitrogens with zero attached hydrogens (tertiary/aromatic N) is 1. The van der Waals surface area contributed by atoms with Crippen LogP contribution in [0.15, 0.2) is 42.9 Å². The molecule has 1 N–H and O–H groups in total. The largest absolute Gasteiger partial charge is 0.374 e. The van der Waals surface area contributed by atoms with Gasteiger partial charge in [-0.25, -0.2) is 4.98 Å². The molecule has 1 aliphatic rings. The van der Waals surface area contributed by atoms with E-state index in [0.29, 0.717) is 13.2 Å².